The molecule has 2 heterocycles. The first-order valence-electron chi connectivity index (χ1n) is 31.1. The number of aliphatic hydroxyl groups is 3. The molecule has 2 aliphatic heterocycles. The minimum Gasteiger partial charge on any atom is -0.507 e. The fourth-order valence-corrected chi connectivity index (χ4v) is 7.20. The summed E-state index contributed by atoms with van der Waals surface area (Å²) in [5, 5.41) is 55.3. The van der Waals surface area contributed by atoms with Crippen LogP contribution in [-0.4, -0.2) is 182 Å². The number of carboxylic acid groups (broad SMARTS) is 1. The number of carbonyl (C=O) groups excluding carboxylic acids is 2. The molecular formula is C69H124CoN2O18. The first kappa shape index (κ1) is 92.0. The molecule has 5 rings (SSSR count). The van der Waals surface area contributed by atoms with E-state index < -0.39 is 24.4 Å². The summed E-state index contributed by atoms with van der Waals surface area (Å²) in [5.41, 5.74) is 5.39. The number of epoxide rings is 2. The monoisotopic (exact) mass is 1330 g/mol. The number of aromatic hydroxyl groups is 2. The molecule has 2 saturated heterocycles. The Labute approximate surface area is 553 Å². The maximum absolute atomic E-state index is 11.3. The van der Waals surface area contributed by atoms with Crippen LogP contribution in [0.2, 0.25) is 0 Å². The Morgan fingerprint density at radius 2 is 0.922 bits per heavy atom. The van der Waals surface area contributed by atoms with E-state index in [0.29, 0.717) is 30.8 Å². The molecule has 1 radical (unpaired) electrons. The molecule has 2 aromatic carbocycles. The van der Waals surface area contributed by atoms with Crippen molar-refractivity contribution >= 4 is 30.7 Å². The Hall–Kier alpha value is -4.42. The Kier molecular flexibility index (Phi) is 47.6. The van der Waals surface area contributed by atoms with Gasteiger partial charge >= 0.3 is 12.3 Å². The molecule has 7 atom stereocenters. The Balaban J connectivity index is -0.000000608. The summed E-state index contributed by atoms with van der Waals surface area (Å²) in [6, 6.07) is 8.53. The van der Waals surface area contributed by atoms with Gasteiger partial charge in [-0.1, -0.05) is 115 Å². The average Bonchev–Trinajstić information content (AvgIpc) is 1.56. The largest absolute Gasteiger partial charge is 0.508 e. The van der Waals surface area contributed by atoms with Gasteiger partial charge in [0.25, 0.3) is 5.97 Å². The maximum atomic E-state index is 11.3. The zero-order valence-corrected chi connectivity index (χ0v) is 59.8. The summed E-state index contributed by atoms with van der Waals surface area (Å²) in [6.07, 6.45) is 5.34. The van der Waals surface area contributed by atoms with Crippen LogP contribution in [0.5, 0.6) is 11.5 Å². The number of carboxylic acids is 1. The molecule has 2 aromatic rings. The van der Waals surface area contributed by atoms with Crippen LogP contribution in [0.1, 0.15) is 233 Å². The third-order valence-electron chi connectivity index (χ3n) is 12.1. The normalized spacial score (nSPS) is 17.3. The number of hydrogen-bond donors (Lipinski definition) is 6. The summed E-state index contributed by atoms with van der Waals surface area (Å²) < 4.78 is 44.2. The number of phenols is 2. The number of nitrogens with zero attached hydrogens (tertiary/aromatic N) is 2. The summed E-state index contributed by atoms with van der Waals surface area (Å²) in [4.78, 5) is 41.3. The number of aliphatic imine (C=N–C) groups is 2. The van der Waals surface area contributed by atoms with E-state index in [1.807, 2.05) is 40.1 Å². The Bertz CT molecular complexity index is 2200. The predicted octanol–water partition coefficient (Wildman–Crippen LogP) is 13.4. The van der Waals surface area contributed by atoms with Gasteiger partial charge in [0.15, 0.2) is 0 Å². The first-order chi connectivity index (χ1) is 40.4. The molecule has 0 aromatic heterocycles. The minimum atomic E-state index is -0.833. The van der Waals surface area contributed by atoms with Gasteiger partial charge in [0, 0.05) is 64.5 Å². The van der Waals surface area contributed by atoms with E-state index in [9.17, 15) is 19.8 Å². The molecule has 527 valence electrons. The zero-order chi connectivity index (χ0) is 68.3. The van der Waals surface area contributed by atoms with Gasteiger partial charge in [-0.15, -0.1) is 0 Å². The first-order valence-corrected chi connectivity index (χ1v) is 31.1. The molecule has 7 unspecified atom stereocenters. The second-order valence-corrected chi connectivity index (χ2v) is 27.3. The van der Waals surface area contributed by atoms with Crippen LogP contribution in [0.3, 0.4) is 0 Å². The smallest absolute Gasteiger partial charge is 0.507 e. The van der Waals surface area contributed by atoms with Gasteiger partial charge in [0.2, 0.25) is 0 Å². The van der Waals surface area contributed by atoms with Crippen LogP contribution in [0.4, 0.5) is 9.59 Å². The third kappa shape index (κ3) is 48.3. The number of aliphatic hydroxyl groups excluding tert-OH is 3. The van der Waals surface area contributed by atoms with Crippen molar-refractivity contribution in [3.8, 4) is 11.5 Å². The Morgan fingerprint density at radius 1 is 0.600 bits per heavy atom. The van der Waals surface area contributed by atoms with Gasteiger partial charge in [-0.2, -0.15) is 0 Å². The number of hydrogen-bond acceptors (Lipinski definition) is 19. The quantitative estimate of drug-likeness (QED) is 0.0433. The summed E-state index contributed by atoms with van der Waals surface area (Å²) >= 11 is 0. The number of phenolic OH excluding ortho intramolecular Hbond substituents is 2. The van der Waals surface area contributed by atoms with Crippen molar-refractivity contribution < 1.29 is 104 Å². The molecule has 1 saturated carbocycles. The average molecular weight is 1330 g/mol. The van der Waals surface area contributed by atoms with E-state index in [-0.39, 0.29) is 121 Å². The second-order valence-electron chi connectivity index (χ2n) is 27.3. The topological polar surface area (TPSA) is 287 Å². The summed E-state index contributed by atoms with van der Waals surface area (Å²) in [7, 11) is 0. The summed E-state index contributed by atoms with van der Waals surface area (Å²) in [5.74, 6) is -0.197. The van der Waals surface area contributed by atoms with Gasteiger partial charge in [-0.3, -0.25) is 14.8 Å². The van der Waals surface area contributed by atoms with Crippen LogP contribution in [0, 0.1) is 0 Å². The molecule has 1 aliphatic carbocycles. The standard InChI is InChI=1S/C36H54N2O2.C12H24O6.C10H20O5.C3H6O.C3H8O.C2H4O2.C2H4O.CH4.Co/c1-33(2,3)25-17-23(31(39)27(19-25)35(7,8)9)21-37-29-15-13-14-16-30(29)38-22-24-18-26(34(4,5)6)20-28(32(24)40)36(10,11)12;1-9(2)16-8-11(4)18-12(14)17-7-10(3)15-6-5-13;1-7(2)13-6-9(4)15-10(12)14-5-8(3)11;1-3-2-4-3;1-3(2)4;1-2(3)4;1-2-3-1;;/h17-22,29-30,39-40H,13-16H2,1-12H3;9-11,13H,5-8H2,1-4H3;7-9,11H,5-6H2,1-4H3;3H,2H2,1H3;3-4H,1-2H3;1H3,(H,3,4);1-2H2;1H4;. The van der Waals surface area contributed by atoms with Crippen LogP contribution < -0.4 is 0 Å². The molecule has 3 aliphatic rings. The van der Waals surface area contributed by atoms with E-state index >= 15 is 0 Å². The SMILES string of the molecule is C.C1CO1.CC(=O)O.CC(C)(C)c1cc(C=NC2CCCCC2N=Cc2cc(C(C)(C)C)cc(C(C)(C)C)c2O)c(O)c(C(C)(C)C)c1.CC(C)O.CC(C)OCC(C)OC(=O)OCC(C)OCCO.CC(O)COC(=O)OC(C)COC(C)C.CC1CO1.[Co]. The summed E-state index contributed by atoms with van der Waals surface area (Å²) in [6.45, 7) is 50.8. The van der Waals surface area contributed by atoms with Crippen molar-refractivity contribution in [2.75, 3.05) is 59.5 Å². The molecule has 0 spiro atoms. The van der Waals surface area contributed by atoms with Crippen LogP contribution >= 0.6 is 0 Å². The van der Waals surface area contributed by atoms with E-state index in [2.05, 4.69) is 124 Å². The number of carbonyl (C=O) groups is 3. The second kappa shape index (κ2) is 46.6. The van der Waals surface area contributed by atoms with E-state index in [1.165, 1.54) is 18.1 Å². The van der Waals surface area contributed by atoms with Crippen LogP contribution in [0.15, 0.2) is 34.3 Å². The van der Waals surface area contributed by atoms with Crippen molar-refractivity contribution in [1.82, 2.24) is 0 Å². The number of rotatable bonds is 19. The molecule has 90 heavy (non-hydrogen) atoms. The van der Waals surface area contributed by atoms with Crippen molar-refractivity contribution in [1.29, 1.82) is 0 Å². The number of ether oxygens (including phenoxy) is 9. The third-order valence-corrected chi connectivity index (χ3v) is 12.1. The van der Waals surface area contributed by atoms with Crippen molar-refractivity contribution in [2.45, 2.75) is 282 Å². The maximum Gasteiger partial charge on any atom is 0.508 e. The predicted molar refractivity (Wildman–Crippen MR) is 356 cm³/mol. The van der Waals surface area contributed by atoms with Crippen LogP contribution in [-0.2, 0) is 85.9 Å². The van der Waals surface area contributed by atoms with Crippen molar-refractivity contribution in [3.63, 3.8) is 0 Å². The Morgan fingerprint density at radius 3 is 1.18 bits per heavy atom. The van der Waals surface area contributed by atoms with Gasteiger partial charge in [-0.05, 0) is 134 Å². The molecule has 6 N–H and O–H groups in total. The van der Waals surface area contributed by atoms with Gasteiger partial charge in [0.1, 0.15) is 36.9 Å². The van der Waals surface area contributed by atoms with Crippen molar-refractivity contribution in [3.05, 3.63) is 57.6 Å². The number of benzene rings is 2. The van der Waals surface area contributed by atoms with E-state index in [1.54, 1.807) is 34.6 Å². The molecule has 3 fully saturated rings. The van der Waals surface area contributed by atoms with Gasteiger partial charge < -0.3 is 73.3 Å². The molecule has 0 bridgehead atoms. The molecular weight excluding hydrogens is 1200 g/mol. The molecule has 20 nitrogen and oxygen atoms in total. The van der Waals surface area contributed by atoms with Gasteiger partial charge in [0.05, 0.1) is 88.9 Å². The minimum absolute atomic E-state index is 0. The van der Waals surface area contributed by atoms with E-state index in [4.69, 9.17) is 68.4 Å². The zero-order valence-electron chi connectivity index (χ0n) is 58.7. The number of aliphatic carboxylic acids is 1. The fraction of sp³-hybridized carbons (Fsp3) is 0.754. The van der Waals surface area contributed by atoms with Crippen LogP contribution in [0.25, 0.3) is 0 Å². The fourth-order valence-electron chi connectivity index (χ4n) is 7.20. The molecule has 21 heteroatoms. The molecule has 0 amide bonds. The van der Waals surface area contributed by atoms with E-state index in [0.717, 1.165) is 74.7 Å². The van der Waals surface area contributed by atoms with Crippen molar-refractivity contribution in [2.24, 2.45) is 9.98 Å². The van der Waals surface area contributed by atoms with Gasteiger partial charge in [-0.25, -0.2) is 9.59 Å².